The van der Waals surface area contributed by atoms with Crippen LogP contribution in [-0.4, -0.2) is 45.3 Å². The first-order valence-electron chi connectivity index (χ1n) is 13.9. The number of hydrogen-bond acceptors (Lipinski definition) is 2. The predicted octanol–water partition coefficient (Wildman–Crippen LogP) is 6.02. The summed E-state index contributed by atoms with van der Waals surface area (Å²) in [5.41, 5.74) is 2.42. The first-order valence-corrected chi connectivity index (χ1v) is 13.9. The minimum atomic E-state index is 0.119. The molecule has 0 saturated heterocycles. The Morgan fingerprint density at radius 3 is 2.37 bits per heavy atom. The van der Waals surface area contributed by atoms with Crippen molar-refractivity contribution in [2.75, 3.05) is 13.1 Å². The number of carbonyl (C=O) groups is 2. The van der Waals surface area contributed by atoms with Crippen molar-refractivity contribution >= 4 is 11.8 Å². The summed E-state index contributed by atoms with van der Waals surface area (Å²) in [7, 11) is 0. The highest BCUT2D eigenvalue weighted by Crippen LogP contribution is 2.29. The fraction of sp³-hybridized carbons (Fsp3) is 0.600. The van der Waals surface area contributed by atoms with Crippen molar-refractivity contribution in [2.24, 2.45) is 5.92 Å². The summed E-state index contributed by atoms with van der Waals surface area (Å²) in [5, 5.41) is 0. The normalized spacial score (nSPS) is 16.6. The van der Waals surface area contributed by atoms with Crippen LogP contribution in [0.15, 0.2) is 48.7 Å². The van der Waals surface area contributed by atoms with Gasteiger partial charge in [-0.25, -0.2) is 0 Å². The standard InChI is InChI=1S/C30H43N3O2/c1-2-3-10-20-32(30(35)26-15-11-16-26)24-29(34)33(27-17-8-5-9-18-27)23-28-19-12-21-31(28)22-25-13-6-4-7-14-25/h4,6-7,12-14,19,21,26-27H,2-3,5,8-11,15-18,20,22-24H2,1H3. The molecule has 2 aliphatic carbocycles. The SMILES string of the molecule is CCCCCN(CC(=O)N(Cc1cccn1Cc1ccccc1)C1CCCCC1)C(=O)C1CCC1. The molecule has 4 rings (SSSR count). The molecule has 0 bridgehead atoms. The van der Waals surface area contributed by atoms with Gasteiger partial charge >= 0.3 is 0 Å². The molecule has 2 aromatic rings. The Labute approximate surface area is 211 Å². The second-order valence-electron chi connectivity index (χ2n) is 10.5. The molecule has 35 heavy (non-hydrogen) atoms. The van der Waals surface area contributed by atoms with Gasteiger partial charge in [0.25, 0.3) is 0 Å². The van der Waals surface area contributed by atoms with Crippen LogP contribution in [0.5, 0.6) is 0 Å². The van der Waals surface area contributed by atoms with Crippen LogP contribution >= 0.6 is 0 Å². The van der Waals surface area contributed by atoms with Gasteiger partial charge in [-0.1, -0.05) is 75.8 Å². The zero-order chi connectivity index (χ0) is 24.5. The van der Waals surface area contributed by atoms with E-state index in [0.717, 1.165) is 63.6 Å². The lowest BCUT2D eigenvalue weighted by molar-refractivity contribution is -0.146. The number of hydrogen-bond donors (Lipinski definition) is 0. The van der Waals surface area contributed by atoms with Crippen LogP contribution in [0.25, 0.3) is 0 Å². The zero-order valence-corrected chi connectivity index (χ0v) is 21.5. The number of nitrogens with zero attached hydrogens (tertiary/aromatic N) is 3. The molecule has 0 N–H and O–H groups in total. The van der Waals surface area contributed by atoms with E-state index in [0.29, 0.717) is 13.1 Å². The van der Waals surface area contributed by atoms with Crippen molar-refractivity contribution in [3.8, 4) is 0 Å². The molecule has 0 aliphatic heterocycles. The van der Waals surface area contributed by atoms with Crippen molar-refractivity contribution in [3.63, 3.8) is 0 Å². The van der Waals surface area contributed by atoms with Gasteiger partial charge in [0.1, 0.15) is 0 Å². The molecule has 0 spiro atoms. The number of carbonyl (C=O) groups excluding carboxylic acids is 2. The smallest absolute Gasteiger partial charge is 0.242 e. The van der Waals surface area contributed by atoms with E-state index in [-0.39, 0.29) is 30.3 Å². The minimum absolute atomic E-state index is 0.119. The lowest BCUT2D eigenvalue weighted by Crippen LogP contribution is -2.49. The maximum absolute atomic E-state index is 13.8. The van der Waals surface area contributed by atoms with Crippen LogP contribution in [0.2, 0.25) is 0 Å². The van der Waals surface area contributed by atoms with Gasteiger partial charge < -0.3 is 14.4 Å². The summed E-state index contributed by atoms with van der Waals surface area (Å²) in [5.74, 6) is 0.459. The third-order valence-electron chi connectivity index (χ3n) is 7.91. The van der Waals surface area contributed by atoms with Gasteiger partial charge in [0.05, 0.1) is 13.1 Å². The second kappa shape index (κ2) is 12.9. The Morgan fingerprint density at radius 2 is 1.69 bits per heavy atom. The van der Waals surface area contributed by atoms with E-state index in [1.54, 1.807) is 0 Å². The van der Waals surface area contributed by atoms with Crippen molar-refractivity contribution < 1.29 is 9.59 Å². The van der Waals surface area contributed by atoms with E-state index in [1.165, 1.54) is 24.8 Å². The predicted molar refractivity (Wildman–Crippen MR) is 141 cm³/mol. The van der Waals surface area contributed by atoms with Gasteiger partial charge in [-0.3, -0.25) is 9.59 Å². The summed E-state index contributed by atoms with van der Waals surface area (Å²) < 4.78 is 2.26. The summed E-state index contributed by atoms with van der Waals surface area (Å²) >= 11 is 0. The zero-order valence-electron chi connectivity index (χ0n) is 21.5. The third kappa shape index (κ3) is 6.99. The summed E-state index contributed by atoms with van der Waals surface area (Å²) in [6.45, 7) is 4.54. The lowest BCUT2D eigenvalue weighted by atomic mass is 9.84. The maximum Gasteiger partial charge on any atom is 0.242 e. The summed E-state index contributed by atoms with van der Waals surface area (Å²) in [6.07, 6.45) is 14.2. The van der Waals surface area contributed by atoms with E-state index >= 15 is 0 Å². The topological polar surface area (TPSA) is 45.6 Å². The Balaban J connectivity index is 1.49. The van der Waals surface area contributed by atoms with Gasteiger partial charge in [-0.15, -0.1) is 0 Å². The molecule has 1 heterocycles. The highest BCUT2D eigenvalue weighted by atomic mass is 16.2. The maximum atomic E-state index is 13.8. The van der Waals surface area contributed by atoms with Crippen LogP contribution < -0.4 is 0 Å². The van der Waals surface area contributed by atoms with Crippen molar-refractivity contribution in [3.05, 3.63) is 59.9 Å². The Bertz CT molecular complexity index is 928. The van der Waals surface area contributed by atoms with E-state index in [2.05, 4.69) is 59.0 Å². The molecule has 5 heteroatoms. The molecule has 2 fully saturated rings. The highest BCUT2D eigenvalue weighted by Gasteiger charge is 2.33. The Morgan fingerprint density at radius 1 is 0.914 bits per heavy atom. The summed E-state index contributed by atoms with van der Waals surface area (Å²) in [6, 6.07) is 15.0. The molecule has 190 valence electrons. The van der Waals surface area contributed by atoms with E-state index < -0.39 is 0 Å². The van der Waals surface area contributed by atoms with Gasteiger partial charge in [-0.05, 0) is 49.8 Å². The largest absolute Gasteiger partial charge is 0.345 e. The van der Waals surface area contributed by atoms with Crippen LogP contribution in [0.1, 0.15) is 88.8 Å². The molecule has 0 radical (unpaired) electrons. The molecule has 2 saturated carbocycles. The molecule has 2 amide bonds. The lowest BCUT2D eigenvalue weighted by Gasteiger charge is -2.37. The van der Waals surface area contributed by atoms with Gasteiger partial charge in [0.2, 0.25) is 11.8 Å². The van der Waals surface area contributed by atoms with Gasteiger partial charge in [-0.2, -0.15) is 0 Å². The van der Waals surface area contributed by atoms with Crippen LogP contribution in [0.4, 0.5) is 0 Å². The average Bonchev–Trinajstić information content (AvgIpc) is 3.28. The molecular weight excluding hydrogens is 434 g/mol. The molecular formula is C30H43N3O2. The molecule has 0 unspecified atom stereocenters. The molecule has 1 aromatic heterocycles. The number of benzene rings is 1. The van der Waals surface area contributed by atoms with E-state index in [4.69, 9.17) is 0 Å². The first-order chi connectivity index (χ1) is 17.2. The Kier molecular flexibility index (Phi) is 9.44. The van der Waals surface area contributed by atoms with Crippen molar-refractivity contribution in [1.29, 1.82) is 0 Å². The number of rotatable bonds is 12. The Hall–Kier alpha value is -2.56. The third-order valence-corrected chi connectivity index (χ3v) is 7.91. The molecule has 2 aliphatic rings. The number of unbranched alkanes of at least 4 members (excludes halogenated alkanes) is 2. The number of aromatic nitrogens is 1. The average molecular weight is 478 g/mol. The highest BCUT2D eigenvalue weighted by molar-refractivity contribution is 5.86. The van der Waals surface area contributed by atoms with E-state index in [9.17, 15) is 9.59 Å². The molecule has 5 nitrogen and oxygen atoms in total. The van der Waals surface area contributed by atoms with Gasteiger partial charge in [0.15, 0.2) is 0 Å². The number of amides is 2. The van der Waals surface area contributed by atoms with Crippen molar-refractivity contribution in [2.45, 2.75) is 96.7 Å². The van der Waals surface area contributed by atoms with Crippen LogP contribution in [0, 0.1) is 5.92 Å². The molecule has 0 atom stereocenters. The van der Waals surface area contributed by atoms with Crippen LogP contribution in [0.3, 0.4) is 0 Å². The quantitative estimate of drug-likeness (QED) is 0.351. The molecule has 1 aromatic carbocycles. The van der Waals surface area contributed by atoms with E-state index in [1.807, 2.05) is 11.0 Å². The summed E-state index contributed by atoms with van der Waals surface area (Å²) in [4.78, 5) is 31.0. The first kappa shape index (κ1) is 25.5. The van der Waals surface area contributed by atoms with Crippen LogP contribution in [-0.2, 0) is 22.7 Å². The fourth-order valence-electron chi connectivity index (χ4n) is 5.50. The fourth-order valence-corrected chi connectivity index (χ4v) is 5.50. The minimum Gasteiger partial charge on any atom is -0.345 e. The van der Waals surface area contributed by atoms with Crippen molar-refractivity contribution in [1.82, 2.24) is 14.4 Å². The monoisotopic (exact) mass is 477 g/mol. The van der Waals surface area contributed by atoms with Gasteiger partial charge in [0, 0.05) is 36.9 Å². The second-order valence-corrected chi connectivity index (χ2v) is 10.5.